The van der Waals surface area contributed by atoms with E-state index in [2.05, 4.69) is 26.1 Å². The Morgan fingerprint density at radius 2 is 1.54 bits per heavy atom. The van der Waals surface area contributed by atoms with Crippen molar-refractivity contribution in [1.82, 2.24) is 5.32 Å². The molecule has 0 saturated heterocycles. The number of phenolic OH excluding ortho intramolecular Hbond substituents is 1. The molecular formula is C22H35NO5. The Morgan fingerprint density at radius 3 is 1.93 bits per heavy atom. The van der Waals surface area contributed by atoms with Crippen molar-refractivity contribution in [3.8, 4) is 5.75 Å². The van der Waals surface area contributed by atoms with E-state index >= 15 is 0 Å². The van der Waals surface area contributed by atoms with Crippen molar-refractivity contribution in [2.75, 3.05) is 0 Å². The smallest absolute Gasteiger partial charge is 0.408 e. The highest BCUT2D eigenvalue weighted by Gasteiger charge is 2.29. The number of aliphatic carboxylic acids is 1. The molecule has 0 aliphatic carbocycles. The number of benzene rings is 1. The summed E-state index contributed by atoms with van der Waals surface area (Å²) in [6, 6.07) is 2.57. The lowest BCUT2D eigenvalue weighted by atomic mass is 9.78. The molecule has 1 unspecified atom stereocenters. The number of alkyl carbamates (subject to hydrolysis) is 1. The molecule has 158 valence electrons. The van der Waals surface area contributed by atoms with Crippen LogP contribution in [0.5, 0.6) is 5.75 Å². The second kappa shape index (κ2) is 8.02. The number of amides is 1. The molecular weight excluding hydrogens is 358 g/mol. The van der Waals surface area contributed by atoms with Gasteiger partial charge in [0.15, 0.2) is 0 Å². The zero-order chi connectivity index (χ0) is 22.1. The first-order valence-electron chi connectivity index (χ1n) is 9.51. The lowest BCUT2D eigenvalue weighted by Gasteiger charge is -2.28. The van der Waals surface area contributed by atoms with Crippen LogP contribution in [0.2, 0.25) is 0 Å². The summed E-state index contributed by atoms with van der Waals surface area (Å²) in [4.78, 5) is 23.8. The van der Waals surface area contributed by atoms with Gasteiger partial charge in [-0.25, -0.2) is 9.59 Å². The van der Waals surface area contributed by atoms with Crippen LogP contribution in [0.1, 0.15) is 79.0 Å². The second-order valence-corrected chi connectivity index (χ2v) is 10.3. The van der Waals surface area contributed by atoms with Crippen molar-refractivity contribution in [2.45, 2.75) is 91.2 Å². The molecule has 6 heteroatoms. The molecule has 0 bridgehead atoms. The molecule has 6 nitrogen and oxygen atoms in total. The minimum atomic E-state index is -1.22. The minimum Gasteiger partial charge on any atom is -0.507 e. The topological polar surface area (TPSA) is 95.9 Å². The fourth-order valence-electron chi connectivity index (χ4n) is 2.72. The highest BCUT2D eigenvalue weighted by Crippen LogP contribution is 2.38. The van der Waals surface area contributed by atoms with Gasteiger partial charge in [-0.15, -0.1) is 0 Å². The number of hydrogen-bond donors (Lipinski definition) is 3. The maximum Gasteiger partial charge on any atom is 0.408 e. The third-order valence-electron chi connectivity index (χ3n) is 4.28. The maximum atomic E-state index is 12.0. The molecule has 28 heavy (non-hydrogen) atoms. The van der Waals surface area contributed by atoms with E-state index in [4.69, 9.17) is 4.74 Å². The molecule has 0 aliphatic rings. The molecule has 0 saturated carbocycles. The van der Waals surface area contributed by atoms with Gasteiger partial charge in [0.1, 0.15) is 17.4 Å². The van der Waals surface area contributed by atoms with Crippen molar-refractivity contribution in [3.63, 3.8) is 0 Å². The summed E-state index contributed by atoms with van der Waals surface area (Å²) >= 11 is 0. The Kier molecular flexibility index (Phi) is 6.81. The van der Waals surface area contributed by atoms with E-state index in [1.54, 1.807) is 20.8 Å². The molecule has 0 aromatic heterocycles. The Bertz CT molecular complexity index is 733. The van der Waals surface area contributed by atoms with Gasteiger partial charge < -0.3 is 20.3 Å². The van der Waals surface area contributed by atoms with Crippen LogP contribution < -0.4 is 5.32 Å². The van der Waals surface area contributed by atoms with Gasteiger partial charge in [0.2, 0.25) is 0 Å². The summed E-state index contributed by atoms with van der Waals surface area (Å²) in [5.41, 5.74) is 0.988. The predicted octanol–water partition coefficient (Wildman–Crippen LogP) is 4.51. The van der Waals surface area contributed by atoms with Crippen LogP contribution >= 0.6 is 0 Å². The summed E-state index contributed by atoms with van der Waals surface area (Å²) in [6.45, 7) is 17.3. The van der Waals surface area contributed by atoms with E-state index < -0.39 is 23.7 Å². The molecule has 1 atom stereocenters. The molecule has 0 aliphatic heterocycles. The number of phenols is 1. The highest BCUT2D eigenvalue weighted by atomic mass is 16.6. The van der Waals surface area contributed by atoms with Gasteiger partial charge in [0, 0.05) is 6.42 Å². The first-order chi connectivity index (χ1) is 12.4. The quantitative estimate of drug-likeness (QED) is 0.699. The zero-order valence-electron chi connectivity index (χ0n) is 18.6. The number of carbonyl (C=O) groups excluding carboxylic acids is 1. The third-order valence-corrected chi connectivity index (χ3v) is 4.28. The van der Waals surface area contributed by atoms with Crippen molar-refractivity contribution in [2.24, 2.45) is 0 Å². The molecule has 0 radical (unpaired) electrons. The average Bonchev–Trinajstić information content (AvgIpc) is 2.43. The highest BCUT2D eigenvalue weighted by molar-refractivity contribution is 5.80. The number of carboxylic acids is 1. The molecule has 1 amide bonds. The number of hydrogen-bond acceptors (Lipinski definition) is 4. The van der Waals surface area contributed by atoms with Crippen LogP contribution in [-0.2, 0) is 26.8 Å². The largest absolute Gasteiger partial charge is 0.507 e. The van der Waals surface area contributed by atoms with E-state index in [-0.39, 0.29) is 23.0 Å². The van der Waals surface area contributed by atoms with Gasteiger partial charge in [-0.05, 0) is 48.3 Å². The zero-order valence-corrected chi connectivity index (χ0v) is 18.6. The minimum absolute atomic E-state index is 0.0482. The number of aromatic hydroxyl groups is 1. The van der Waals surface area contributed by atoms with Crippen LogP contribution in [0.3, 0.4) is 0 Å². The van der Waals surface area contributed by atoms with E-state index in [0.717, 1.165) is 11.1 Å². The number of carboxylic acid groups (broad SMARTS) is 1. The van der Waals surface area contributed by atoms with Crippen molar-refractivity contribution >= 4 is 12.1 Å². The average molecular weight is 394 g/mol. The third kappa shape index (κ3) is 6.73. The SMILES string of the molecule is CC(C)(C)OC(=O)NC(Cc1cc(C(C)(C)C)cc(C(C)(C)C)c1O)C(=O)O. The van der Waals surface area contributed by atoms with E-state index in [0.29, 0.717) is 5.56 Å². The maximum absolute atomic E-state index is 12.0. The molecule has 1 aromatic carbocycles. The van der Waals surface area contributed by atoms with E-state index in [1.165, 1.54) is 0 Å². The summed E-state index contributed by atoms with van der Waals surface area (Å²) in [7, 11) is 0. The van der Waals surface area contributed by atoms with Gasteiger partial charge in [0.25, 0.3) is 0 Å². The summed E-state index contributed by atoms with van der Waals surface area (Å²) in [5, 5.41) is 22.8. The molecule has 1 rings (SSSR count). The monoisotopic (exact) mass is 393 g/mol. The first-order valence-corrected chi connectivity index (χ1v) is 9.51. The van der Waals surface area contributed by atoms with Crippen LogP contribution in [0.15, 0.2) is 12.1 Å². The molecule has 1 aromatic rings. The lowest BCUT2D eigenvalue weighted by molar-refractivity contribution is -0.139. The van der Waals surface area contributed by atoms with Crippen molar-refractivity contribution in [3.05, 3.63) is 28.8 Å². The summed E-state index contributed by atoms with van der Waals surface area (Å²) in [5.74, 6) is -1.12. The normalized spacial score (nSPS) is 13.8. The fourth-order valence-corrected chi connectivity index (χ4v) is 2.72. The molecule has 0 heterocycles. The number of rotatable bonds is 4. The predicted molar refractivity (Wildman–Crippen MR) is 110 cm³/mol. The Hall–Kier alpha value is -2.24. The summed E-state index contributed by atoms with van der Waals surface area (Å²) < 4.78 is 5.17. The van der Waals surface area contributed by atoms with Gasteiger partial charge in [-0.3, -0.25) is 0 Å². The fraction of sp³-hybridized carbons (Fsp3) is 0.636. The second-order valence-electron chi connectivity index (χ2n) is 10.3. The Balaban J connectivity index is 3.32. The standard InChI is InChI=1S/C22H35NO5/c1-20(2,3)14-10-13(17(24)15(12-14)21(4,5)6)11-16(18(25)26)23-19(27)28-22(7,8)9/h10,12,16,24H,11H2,1-9H3,(H,23,27)(H,25,26). The lowest BCUT2D eigenvalue weighted by Crippen LogP contribution is -2.44. The van der Waals surface area contributed by atoms with Crippen LogP contribution in [-0.4, -0.2) is 33.9 Å². The van der Waals surface area contributed by atoms with Crippen molar-refractivity contribution in [1.29, 1.82) is 0 Å². The summed E-state index contributed by atoms with van der Waals surface area (Å²) in [6.07, 6.45) is -0.852. The number of ether oxygens (including phenoxy) is 1. The van der Waals surface area contributed by atoms with Gasteiger partial charge >= 0.3 is 12.1 Å². The number of nitrogens with one attached hydrogen (secondary N) is 1. The van der Waals surface area contributed by atoms with Gasteiger partial charge in [-0.2, -0.15) is 0 Å². The molecule has 0 spiro atoms. The van der Waals surface area contributed by atoms with Crippen LogP contribution in [0, 0.1) is 0 Å². The van der Waals surface area contributed by atoms with Gasteiger partial charge in [-0.1, -0.05) is 53.7 Å². The van der Waals surface area contributed by atoms with Crippen LogP contribution in [0.4, 0.5) is 4.79 Å². The van der Waals surface area contributed by atoms with E-state index in [1.807, 2.05) is 32.9 Å². The molecule has 0 fully saturated rings. The number of carbonyl (C=O) groups is 2. The Morgan fingerprint density at radius 1 is 1.00 bits per heavy atom. The van der Waals surface area contributed by atoms with Crippen LogP contribution in [0.25, 0.3) is 0 Å². The van der Waals surface area contributed by atoms with Gasteiger partial charge in [0.05, 0.1) is 0 Å². The molecule has 3 N–H and O–H groups in total. The van der Waals surface area contributed by atoms with E-state index in [9.17, 15) is 19.8 Å². The van der Waals surface area contributed by atoms with Crippen molar-refractivity contribution < 1.29 is 24.5 Å². The Labute approximate surface area is 168 Å². The first kappa shape index (κ1) is 23.8.